The fraction of sp³-hybridized carbons (Fsp3) is 0.368. The molecule has 1 heteroatoms. The number of phenolic OH excluding ortho intramolecular Hbond substituents is 1. The van der Waals surface area contributed by atoms with E-state index in [1.54, 1.807) is 0 Å². The summed E-state index contributed by atoms with van der Waals surface area (Å²) in [7, 11) is 0. The van der Waals surface area contributed by atoms with Crippen LogP contribution in [0.25, 0.3) is 11.1 Å². The third kappa shape index (κ3) is 2.33. The van der Waals surface area contributed by atoms with Crippen LogP contribution in [0.4, 0.5) is 0 Å². The lowest BCUT2D eigenvalue weighted by Gasteiger charge is -2.09. The first kappa shape index (κ1) is 13.2. The number of fused-ring (bicyclic) bond motifs is 3. The van der Waals surface area contributed by atoms with Gasteiger partial charge in [0.05, 0.1) is 0 Å². The van der Waals surface area contributed by atoms with Crippen molar-refractivity contribution in [3.8, 4) is 16.9 Å². The lowest BCUT2D eigenvalue weighted by molar-refractivity contribution is 0.461. The van der Waals surface area contributed by atoms with Crippen molar-refractivity contribution in [2.45, 2.75) is 45.4 Å². The van der Waals surface area contributed by atoms with Crippen molar-refractivity contribution in [3.63, 3.8) is 0 Å². The van der Waals surface area contributed by atoms with Gasteiger partial charge in [0, 0.05) is 12.0 Å². The third-order valence-electron chi connectivity index (χ3n) is 4.34. The van der Waals surface area contributed by atoms with E-state index in [-0.39, 0.29) is 0 Å². The highest BCUT2D eigenvalue weighted by Crippen LogP contribution is 2.42. The van der Waals surface area contributed by atoms with Gasteiger partial charge in [-0.2, -0.15) is 0 Å². The molecule has 3 rings (SSSR count). The Labute approximate surface area is 121 Å². The highest BCUT2D eigenvalue weighted by atomic mass is 16.3. The molecule has 1 nitrogen and oxygen atoms in total. The molecule has 2 aromatic rings. The number of rotatable bonds is 5. The lowest BCUT2D eigenvalue weighted by Crippen LogP contribution is -1.91. The second-order valence-electron chi connectivity index (χ2n) is 5.74. The minimum Gasteiger partial charge on any atom is -0.507 e. The number of unbranched alkanes of at least 4 members (excludes halogenated alkanes) is 3. The fourth-order valence-corrected chi connectivity index (χ4v) is 3.19. The van der Waals surface area contributed by atoms with Gasteiger partial charge < -0.3 is 5.11 Å². The molecule has 0 aliphatic heterocycles. The molecule has 0 spiro atoms. The van der Waals surface area contributed by atoms with Gasteiger partial charge in [0.1, 0.15) is 5.75 Å². The number of phenols is 1. The summed E-state index contributed by atoms with van der Waals surface area (Å²) < 4.78 is 0. The summed E-state index contributed by atoms with van der Waals surface area (Å²) in [6.45, 7) is 2.23. The predicted octanol–water partition coefficient (Wildman–Crippen LogP) is 5.09. The molecule has 0 bridgehead atoms. The van der Waals surface area contributed by atoms with Gasteiger partial charge in [0.2, 0.25) is 0 Å². The third-order valence-corrected chi connectivity index (χ3v) is 4.34. The van der Waals surface area contributed by atoms with Gasteiger partial charge in [-0.3, -0.25) is 0 Å². The van der Waals surface area contributed by atoms with Gasteiger partial charge >= 0.3 is 0 Å². The molecule has 1 N–H and O–H groups in total. The van der Waals surface area contributed by atoms with Gasteiger partial charge in [-0.1, -0.05) is 62.6 Å². The standard InChI is InChI=1S/C19H22O/c1-2-3-4-5-8-14-11-12-17-16-10-7-6-9-15(16)13-18(17)19(14)20/h6-7,9-12,20H,2-5,8,13H2,1H3. The first-order valence-corrected chi connectivity index (χ1v) is 7.73. The van der Waals surface area contributed by atoms with E-state index in [9.17, 15) is 5.11 Å². The Morgan fingerprint density at radius 1 is 0.950 bits per heavy atom. The zero-order valence-corrected chi connectivity index (χ0v) is 12.2. The maximum atomic E-state index is 10.5. The lowest BCUT2D eigenvalue weighted by atomic mass is 9.98. The van der Waals surface area contributed by atoms with Crippen molar-refractivity contribution in [2.24, 2.45) is 0 Å². The van der Waals surface area contributed by atoms with Crippen LogP contribution < -0.4 is 0 Å². The molecule has 0 saturated heterocycles. The van der Waals surface area contributed by atoms with E-state index in [1.165, 1.54) is 42.4 Å². The Morgan fingerprint density at radius 3 is 2.65 bits per heavy atom. The fourth-order valence-electron chi connectivity index (χ4n) is 3.19. The molecule has 20 heavy (non-hydrogen) atoms. The summed E-state index contributed by atoms with van der Waals surface area (Å²) in [6, 6.07) is 12.8. The SMILES string of the molecule is CCCCCCc1ccc2c(c1O)Cc1ccccc1-2. The van der Waals surface area contributed by atoms with Crippen LogP contribution in [0.3, 0.4) is 0 Å². The molecular weight excluding hydrogens is 244 g/mol. The number of hydrogen-bond donors (Lipinski definition) is 1. The molecule has 0 aromatic heterocycles. The summed E-state index contributed by atoms with van der Waals surface area (Å²) >= 11 is 0. The first-order chi connectivity index (χ1) is 9.81. The maximum Gasteiger partial charge on any atom is 0.122 e. The molecule has 1 aliphatic carbocycles. The van der Waals surface area contributed by atoms with Crippen molar-refractivity contribution in [1.82, 2.24) is 0 Å². The second kappa shape index (κ2) is 5.70. The van der Waals surface area contributed by atoms with Crippen molar-refractivity contribution in [3.05, 3.63) is 53.1 Å². The van der Waals surface area contributed by atoms with Crippen molar-refractivity contribution in [2.75, 3.05) is 0 Å². The van der Waals surface area contributed by atoms with Crippen LogP contribution in [0.5, 0.6) is 5.75 Å². The molecule has 0 atom stereocenters. The molecule has 0 saturated carbocycles. The number of hydrogen-bond acceptors (Lipinski definition) is 1. The summed E-state index contributed by atoms with van der Waals surface area (Å²) in [5, 5.41) is 10.5. The van der Waals surface area contributed by atoms with E-state index in [1.807, 2.05) is 0 Å². The van der Waals surface area contributed by atoms with E-state index in [0.29, 0.717) is 5.75 Å². The Hall–Kier alpha value is -1.76. The highest BCUT2D eigenvalue weighted by molar-refractivity contribution is 5.79. The van der Waals surface area contributed by atoms with Gasteiger partial charge in [-0.05, 0) is 35.1 Å². The topological polar surface area (TPSA) is 20.2 Å². The van der Waals surface area contributed by atoms with E-state index in [2.05, 4.69) is 43.3 Å². The Bertz CT molecular complexity index is 613. The molecule has 104 valence electrons. The van der Waals surface area contributed by atoms with Crippen LogP contribution >= 0.6 is 0 Å². The molecule has 0 heterocycles. The van der Waals surface area contributed by atoms with Gasteiger partial charge in [0.25, 0.3) is 0 Å². The van der Waals surface area contributed by atoms with Crippen LogP contribution in [0.15, 0.2) is 36.4 Å². The molecule has 1 aliphatic rings. The van der Waals surface area contributed by atoms with E-state index < -0.39 is 0 Å². The van der Waals surface area contributed by atoms with Crippen molar-refractivity contribution < 1.29 is 5.11 Å². The minimum absolute atomic E-state index is 0.537. The molecule has 2 aromatic carbocycles. The van der Waals surface area contributed by atoms with Gasteiger partial charge in [-0.15, -0.1) is 0 Å². The van der Waals surface area contributed by atoms with Crippen LogP contribution in [0.1, 0.15) is 49.3 Å². The molecule has 0 unspecified atom stereocenters. The van der Waals surface area contributed by atoms with Crippen LogP contribution in [0.2, 0.25) is 0 Å². The minimum atomic E-state index is 0.537. The molecule has 0 radical (unpaired) electrons. The monoisotopic (exact) mass is 266 g/mol. The summed E-state index contributed by atoms with van der Waals surface area (Å²) in [5.74, 6) is 0.537. The Morgan fingerprint density at radius 2 is 1.80 bits per heavy atom. The largest absolute Gasteiger partial charge is 0.507 e. The zero-order chi connectivity index (χ0) is 13.9. The maximum absolute atomic E-state index is 10.5. The zero-order valence-electron chi connectivity index (χ0n) is 12.2. The number of aromatic hydroxyl groups is 1. The number of benzene rings is 2. The average molecular weight is 266 g/mol. The van der Waals surface area contributed by atoms with Crippen molar-refractivity contribution >= 4 is 0 Å². The second-order valence-corrected chi connectivity index (χ2v) is 5.74. The van der Waals surface area contributed by atoms with E-state index in [4.69, 9.17) is 0 Å². The first-order valence-electron chi connectivity index (χ1n) is 7.73. The highest BCUT2D eigenvalue weighted by Gasteiger charge is 2.22. The van der Waals surface area contributed by atoms with Gasteiger partial charge in [-0.25, -0.2) is 0 Å². The Balaban J connectivity index is 1.83. The summed E-state index contributed by atoms with van der Waals surface area (Å²) in [5.41, 5.74) is 6.08. The molecule has 0 fully saturated rings. The van der Waals surface area contributed by atoms with Crippen LogP contribution in [-0.4, -0.2) is 5.11 Å². The van der Waals surface area contributed by atoms with E-state index >= 15 is 0 Å². The van der Waals surface area contributed by atoms with Gasteiger partial charge in [0.15, 0.2) is 0 Å². The molecular formula is C19H22O. The summed E-state index contributed by atoms with van der Waals surface area (Å²) in [6.07, 6.45) is 6.85. The quantitative estimate of drug-likeness (QED) is 0.638. The predicted molar refractivity (Wildman–Crippen MR) is 84.2 cm³/mol. The van der Waals surface area contributed by atoms with Crippen molar-refractivity contribution in [1.29, 1.82) is 0 Å². The smallest absolute Gasteiger partial charge is 0.122 e. The normalized spacial score (nSPS) is 12.2. The van der Waals surface area contributed by atoms with Crippen LogP contribution in [0, 0.1) is 0 Å². The van der Waals surface area contributed by atoms with Crippen LogP contribution in [-0.2, 0) is 12.8 Å². The molecule has 0 amide bonds. The average Bonchev–Trinajstić information content (AvgIpc) is 2.85. The summed E-state index contributed by atoms with van der Waals surface area (Å²) in [4.78, 5) is 0. The Kier molecular flexibility index (Phi) is 3.77. The van der Waals surface area contributed by atoms with E-state index in [0.717, 1.165) is 24.0 Å². The number of aryl methyl sites for hydroxylation is 1.